The van der Waals surface area contributed by atoms with Crippen LogP contribution < -0.4 is 10.2 Å². The third kappa shape index (κ3) is 3.59. The summed E-state index contributed by atoms with van der Waals surface area (Å²) in [5.41, 5.74) is 1.53. The molecule has 0 radical (unpaired) electrons. The molecule has 2 heterocycles. The van der Waals surface area contributed by atoms with Gasteiger partial charge in [0.05, 0.1) is 10.6 Å². The first-order valence-electron chi connectivity index (χ1n) is 7.64. The van der Waals surface area contributed by atoms with Crippen molar-refractivity contribution in [1.29, 1.82) is 0 Å². The zero-order valence-electron chi connectivity index (χ0n) is 13.1. The lowest BCUT2D eigenvalue weighted by molar-refractivity contribution is -0.137. The molecule has 1 aromatic heterocycles. The normalized spacial score (nSPS) is 18.0. The van der Waals surface area contributed by atoms with Crippen LogP contribution in [0.1, 0.15) is 17.5 Å². The van der Waals surface area contributed by atoms with Crippen LogP contribution in [0.2, 0.25) is 5.02 Å². The summed E-state index contributed by atoms with van der Waals surface area (Å²) in [6, 6.07) is 9.12. The van der Waals surface area contributed by atoms with Gasteiger partial charge in [-0.15, -0.1) is 0 Å². The molecule has 24 heavy (non-hydrogen) atoms. The number of anilines is 2. The van der Waals surface area contributed by atoms with Crippen LogP contribution in [0.25, 0.3) is 0 Å². The first-order valence-corrected chi connectivity index (χ1v) is 8.02. The van der Waals surface area contributed by atoms with Gasteiger partial charge in [-0.25, -0.2) is 4.98 Å². The predicted octanol–water partition coefficient (Wildman–Crippen LogP) is 4.75. The largest absolute Gasteiger partial charge is 0.417 e. The topological polar surface area (TPSA) is 28.2 Å². The van der Waals surface area contributed by atoms with E-state index in [0.29, 0.717) is 5.82 Å². The standard InChI is InChI=1S/C17H17ClF3N3/c1-11-4-2-3-5-15(11)24-7-6-13(10-24)23-16-14(18)8-12(9-22-16)17(19,20)21/h2-5,8-9,13H,6-7,10H2,1H3,(H,22,23). The van der Waals surface area contributed by atoms with E-state index in [1.807, 2.05) is 12.1 Å². The van der Waals surface area contributed by atoms with E-state index in [0.717, 1.165) is 31.8 Å². The molecule has 1 aliphatic rings. The highest BCUT2D eigenvalue weighted by Gasteiger charge is 2.32. The maximum absolute atomic E-state index is 12.7. The molecule has 128 valence electrons. The molecule has 3 nitrogen and oxygen atoms in total. The van der Waals surface area contributed by atoms with E-state index in [1.165, 1.54) is 11.3 Å². The van der Waals surface area contributed by atoms with Crippen LogP contribution in [0.4, 0.5) is 24.7 Å². The number of pyridine rings is 1. The molecule has 0 amide bonds. The molecule has 0 saturated carbocycles. The summed E-state index contributed by atoms with van der Waals surface area (Å²) >= 11 is 5.95. The first kappa shape index (κ1) is 16.9. The Hall–Kier alpha value is -1.95. The number of hydrogen-bond acceptors (Lipinski definition) is 3. The number of benzene rings is 1. The van der Waals surface area contributed by atoms with Gasteiger partial charge in [-0.2, -0.15) is 13.2 Å². The van der Waals surface area contributed by atoms with Crippen LogP contribution in [0.15, 0.2) is 36.5 Å². The fourth-order valence-electron chi connectivity index (χ4n) is 2.91. The maximum atomic E-state index is 12.7. The molecule has 0 aliphatic carbocycles. The molecule has 1 fully saturated rings. The third-order valence-corrected chi connectivity index (χ3v) is 4.44. The van der Waals surface area contributed by atoms with Crippen molar-refractivity contribution in [2.45, 2.75) is 25.6 Å². The lowest BCUT2D eigenvalue weighted by Crippen LogP contribution is -2.27. The van der Waals surface area contributed by atoms with Gasteiger partial charge in [0.2, 0.25) is 0 Å². The van der Waals surface area contributed by atoms with E-state index in [9.17, 15) is 13.2 Å². The van der Waals surface area contributed by atoms with Gasteiger partial charge in [-0.1, -0.05) is 29.8 Å². The van der Waals surface area contributed by atoms with E-state index in [2.05, 4.69) is 34.3 Å². The fourth-order valence-corrected chi connectivity index (χ4v) is 3.13. The van der Waals surface area contributed by atoms with Gasteiger partial charge in [-0.05, 0) is 31.0 Å². The second-order valence-corrected chi connectivity index (χ2v) is 6.32. The summed E-state index contributed by atoms with van der Waals surface area (Å²) in [7, 11) is 0. The predicted molar refractivity (Wildman–Crippen MR) is 89.7 cm³/mol. The number of rotatable bonds is 3. The van der Waals surface area contributed by atoms with E-state index in [4.69, 9.17) is 11.6 Å². The van der Waals surface area contributed by atoms with Crippen LogP contribution in [0.5, 0.6) is 0 Å². The van der Waals surface area contributed by atoms with Gasteiger partial charge in [0.25, 0.3) is 0 Å². The van der Waals surface area contributed by atoms with Crippen LogP contribution in [-0.4, -0.2) is 24.1 Å². The van der Waals surface area contributed by atoms with Crippen LogP contribution >= 0.6 is 11.6 Å². The van der Waals surface area contributed by atoms with Crippen molar-refractivity contribution in [2.75, 3.05) is 23.3 Å². The number of halogens is 4. The first-order chi connectivity index (χ1) is 11.3. The summed E-state index contributed by atoms with van der Waals surface area (Å²) in [6.45, 7) is 3.69. The summed E-state index contributed by atoms with van der Waals surface area (Å²) in [5, 5.41) is 3.14. The van der Waals surface area contributed by atoms with Crippen molar-refractivity contribution >= 4 is 23.1 Å². The van der Waals surface area contributed by atoms with Crippen molar-refractivity contribution < 1.29 is 13.2 Å². The van der Waals surface area contributed by atoms with Crippen molar-refractivity contribution in [3.63, 3.8) is 0 Å². The lowest BCUT2D eigenvalue weighted by Gasteiger charge is -2.21. The van der Waals surface area contributed by atoms with Gasteiger partial charge < -0.3 is 10.2 Å². The average Bonchev–Trinajstić information content (AvgIpc) is 2.97. The van der Waals surface area contributed by atoms with E-state index in [1.54, 1.807) is 0 Å². The zero-order valence-corrected chi connectivity index (χ0v) is 13.8. The molecule has 1 aliphatic heterocycles. The lowest BCUT2D eigenvalue weighted by atomic mass is 10.2. The highest BCUT2D eigenvalue weighted by atomic mass is 35.5. The molecule has 7 heteroatoms. The highest BCUT2D eigenvalue weighted by molar-refractivity contribution is 6.33. The summed E-state index contributed by atoms with van der Waals surface area (Å²) < 4.78 is 38.0. The van der Waals surface area contributed by atoms with Crippen molar-refractivity contribution in [2.24, 2.45) is 0 Å². The van der Waals surface area contributed by atoms with Crippen molar-refractivity contribution in [1.82, 2.24) is 4.98 Å². The Bertz CT molecular complexity index is 733. The van der Waals surface area contributed by atoms with Crippen LogP contribution in [-0.2, 0) is 6.18 Å². The van der Waals surface area contributed by atoms with Gasteiger partial charge in [0, 0.05) is 31.0 Å². The molecular formula is C17H17ClF3N3. The quantitative estimate of drug-likeness (QED) is 0.861. The van der Waals surface area contributed by atoms with Gasteiger partial charge >= 0.3 is 6.18 Å². The number of para-hydroxylation sites is 1. The van der Waals surface area contributed by atoms with Gasteiger partial charge in [0.15, 0.2) is 0 Å². The van der Waals surface area contributed by atoms with E-state index >= 15 is 0 Å². The fraction of sp³-hybridized carbons (Fsp3) is 0.353. The van der Waals surface area contributed by atoms with E-state index in [-0.39, 0.29) is 11.1 Å². The maximum Gasteiger partial charge on any atom is 0.417 e. The Morgan fingerprint density at radius 3 is 2.71 bits per heavy atom. The van der Waals surface area contributed by atoms with Crippen molar-refractivity contribution in [3.8, 4) is 0 Å². The monoisotopic (exact) mass is 355 g/mol. The minimum absolute atomic E-state index is 0.0147. The molecule has 0 spiro atoms. The second kappa shape index (κ2) is 6.51. The molecule has 1 saturated heterocycles. The Morgan fingerprint density at radius 1 is 1.29 bits per heavy atom. The van der Waals surface area contributed by atoms with Crippen LogP contribution in [0.3, 0.4) is 0 Å². The summed E-state index contributed by atoms with van der Waals surface area (Å²) in [5.74, 6) is 0.293. The van der Waals surface area contributed by atoms with Gasteiger partial charge in [-0.3, -0.25) is 0 Å². The molecular weight excluding hydrogens is 339 g/mol. The Balaban J connectivity index is 1.69. The van der Waals surface area contributed by atoms with Crippen molar-refractivity contribution in [3.05, 3.63) is 52.7 Å². The SMILES string of the molecule is Cc1ccccc1N1CCC(Nc2ncc(C(F)(F)F)cc2Cl)C1. The Kier molecular flexibility index (Phi) is 4.58. The molecule has 3 rings (SSSR count). The Labute approximate surface area is 143 Å². The molecule has 1 atom stereocenters. The average molecular weight is 356 g/mol. The summed E-state index contributed by atoms with van der Waals surface area (Å²) in [6.07, 6.45) is -2.76. The van der Waals surface area contributed by atoms with E-state index < -0.39 is 11.7 Å². The summed E-state index contributed by atoms with van der Waals surface area (Å²) in [4.78, 5) is 6.10. The number of nitrogens with one attached hydrogen (secondary N) is 1. The van der Waals surface area contributed by atoms with Crippen LogP contribution in [0, 0.1) is 6.92 Å². The zero-order chi connectivity index (χ0) is 17.3. The number of aromatic nitrogens is 1. The number of aryl methyl sites for hydroxylation is 1. The Morgan fingerprint density at radius 2 is 2.04 bits per heavy atom. The molecule has 1 N–H and O–H groups in total. The second-order valence-electron chi connectivity index (χ2n) is 5.91. The number of hydrogen-bond donors (Lipinski definition) is 1. The number of alkyl halides is 3. The smallest absolute Gasteiger partial charge is 0.369 e. The number of nitrogens with zero attached hydrogens (tertiary/aromatic N) is 2. The molecule has 1 aromatic carbocycles. The molecule has 0 bridgehead atoms. The third-order valence-electron chi connectivity index (χ3n) is 4.15. The molecule has 2 aromatic rings. The molecule has 1 unspecified atom stereocenters. The highest BCUT2D eigenvalue weighted by Crippen LogP contribution is 2.33. The van der Waals surface area contributed by atoms with Gasteiger partial charge in [0.1, 0.15) is 5.82 Å². The minimum atomic E-state index is -4.44. The minimum Gasteiger partial charge on any atom is -0.369 e.